The van der Waals surface area contributed by atoms with Crippen LogP contribution in [0.3, 0.4) is 0 Å². The molecular weight excluding hydrogens is 623 g/mol. The average Bonchev–Trinajstić information content (AvgIpc) is 3.69. The Kier molecular flexibility index (Phi) is 7.97. The SMILES string of the molecule is CCOC(=O)C1=C(C)N=c2s/c(=C\c3ccc(Sc4nc5ccc([N+](=O)[O-])cc5s4)o3)c(=O)n2[C@@H]1c1ccc(N(C)C)cc1. The first-order chi connectivity index (χ1) is 21.1. The van der Waals surface area contributed by atoms with Crippen LogP contribution in [-0.2, 0) is 9.53 Å². The Morgan fingerprint density at radius 1 is 1.18 bits per heavy atom. The van der Waals surface area contributed by atoms with E-state index in [-0.39, 0.29) is 17.9 Å². The number of benzene rings is 2. The molecule has 44 heavy (non-hydrogen) atoms. The topological polar surface area (TPSA) is 133 Å². The fourth-order valence-electron chi connectivity index (χ4n) is 4.79. The molecule has 3 aromatic heterocycles. The first kappa shape index (κ1) is 29.5. The van der Waals surface area contributed by atoms with Crippen molar-refractivity contribution in [3.8, 4) is 0 Å². The molecule has 11 nitrogen and oxygen atoms in total. The van der Waals surface area contributed by atoms with Gasteiger partial charge in [-0.1, -0.05) is 23.5 Å². The molecule has 14 heteroatoms. The molecular formula is C30H25N5O6S3. The van der Waals surface area contributed by atoms with Crippen LogP contribution in [0.25, 0.3) is 16.3 Å². The number of hydrogen-bond acceptors (Lipinski definition) is 12. The van der Waals surface area contributed by atoms with Gasteiger partial charge in [-0.3, -0.25) is 19.5 Å². The molecule has 1 aliphatic heterocycles. The second kappa shape index (κ2) is 11.9. The van der Waals surface area contributed by atoms with E-state index >= 15 is 0 Å². The van der Waals surface area contributed by atoms with Crippen LogP contribution in [0, 0.1) is 10.1 Å². The van der Waals surface area contributed by atoms with E-state index in [4.69, 9.17) is 9.15 Å². The van der Waals surface area contributed by atoms with Gasteiger partial charge in [-0.2, -0.15) is 0 Å². The third-order valence-corrected chi connectivity index (χ3v) is 9.85. The van der Waals surface area contributed by atoms with Gasteiger partial charge in [0.25, 0.3) is 11.2 Å². The van der Waals surface area contributed by atoms with Crippen LogP contribution in [0.5, 0.6) is 0 Å². The Morgan fingerprint density at radius 2 is 1.95 bits per heavy atom. The molecule has 0 unspecified atom stereocenters. The number of thiazole rings is 2. The molecule has 4 heterocycles. The molecule has 2 aromatic carbocycles. The van der Waals surface area contributed by atoms with Crippen LogP contribution in [0.2, 0.25) is 0 Å². The number of rotatable bonds is 8. The normalized spacial score (nSPS) is 14.9. The smallest absolute Gasteiger partial charge is 0.338 e. The second-order valence-electron chi connectivity index (χ2n) is 9.94. The molecule has 1 atom stereocenters. The van der Waals surface area contributed by atoms with Gasteiger partial charge in [0.1, 0.15) is 5.76 Å². The van der Waals surface area contributed by atoms with Crippen molar-refractivity contribution >= 4 is 68.1 Å². The van der Waals surface area contributed by atoms with Crippen molar-refractivity contribution in [1.29, 1.82) is 0 Å². The maximum Gasteiger partial charge on any atom is 0.338 e. The Bertz CT molecular complexity index is 2140. The van der Waals surface area contributed by atoms with E-state index in [0.717, 1.165) is 11.3 Å². The highest BCUT2D eigenvalue weighted by Crippen LogP contribution is 2.36. The lowest BCUT2D eigenvalue weighted by Gasteiger charge is -2.25. The summed E-state index contributed by atoms with van der Waals surface area (Å²) in [7, 11) is 3.88. The number of nitrogens with zero attached hydrogens (tertiary/aromatic N) is 5. The van der Waals surface area contributed by atoms with Crippen molar-refractivity contribution in [3.05, 3.63) is 107 Å². The van der Waals surface area contributed by atoms with Gasteiger partial charge in [0.05, 0.1) is 43.6 Å². The molecule has 0 saturated carbocycles. The van der Waals surface area contributed by atoms with Crippen molar-refractivity contribution in [2.75, 3.05) is 25.6 Å². The molecule has 0 saturated heterocycles. The van der Waals surface area contributed by atoms with Crippen LogP contribution in [0.4, 0.5) is 11.4 Å². The summed E-state index contributed by atoms with van der Waals surface area (Å²) in [6.07, 6.45) is 1.66. The Labute approximate surface area is 262 Å². The summed E-state index contributed by atoms with van der Waals surface area (Å²) in [6, 6.07) is 15.1. The molecule has 1 aliphatic rings. The van der Waals surface area contributed by atoms with E-state index in [9.17, 15) is 19.7 Å². The van der Waals surface area contributed by atoms with Gasteiger partial charge in [-0.05, 0) is 61.5 Å². The maximum absolute atomic E-state index is 13.9. The number of allylic oxidation sites excluding steroid dienone is 1. The van der Waals surface area contributed by atoms with Gasteiger partial charge >= 0.3 is 5.97 Å². The number of anilines is 1. The highest BCUT2D eigenvalue weighted by atomic mass is 32.2. The van der Waals surface area contributed by atoms with Crippen LogP contribution >= 0.6 is 34.4 Å². The molecule has 0 amide bonds. The third kappa shape index (κ3) is 5.58. The first-order valence-corrected chi connectivity index (χ1v) is 15.9. The van der Waals surface area contributed by atoms with Crippen LogP contribution in [0.15, 0.2) is 89.5 Å². The number of furan rings is 1. The number of nitro groups is 1. The molecule has 0 N–H and O–H groups in total. The number of non-ortho nitro benzene ring substituents is 1. The second-order valence-corrected chi connectivity index (χ2v) is 13.2. The number of carbonyl (C=O) groups is 1. The lowest BCUT2D eigenvalue weighted by atomic mass is 9.95. The van der Waals surface area contributed by atoms with E-state index in [1.165, 1.54) is 46.6 Å². The molecule has 0 aliphatic carbocycles. The largest absolute Gasteiger partial charge is 0.463 e. The fraction of sp³-hybridized carbons (Fsp3) is 0.200. The minimum absolute atomic E-state index is 0.0110. The average molecular weight is 648 g/mol. The summed E-state index contributed by atoms with van der Waals surface area (Å²) < 4.78 is 14.7. The zero-order chi connectivity index (χ0) is 31.1. The lowest BCUT2D eigenvalue weighted by Crippen LogP contribution is -2.39. The van der Waals surface area contributed by atoms with Crippen molar-refractivity contribution in [3.63, 3.8) is 0 Å². The summed E-state index contributed by atoms with van der Waals surface area (Å²) >= 11 is 3.84. The van der Waals surface area contributed by atoms with Crippen LogP contribution in [-0.4, -0.2) is 41.1 Å². The number of fused-ring (bicyclic) bond motifs is 2. The number of ether oxygens (including phenoxy) is 1. The molecule has 0 spiro atoms. The van der Waals surface area contributed by atoms with E-state index in [1.54, 1.807) is 42.7 Å². The van der Waals surface area contributed by atoms with Crippen LogP contribution < -0.4 is 19.8 Å². The maximum atomic E-state index is 13.9. The Balaban J connectivity index is 1.36. The summed E-state index contributed by atoms with van der Waals surface area (Å²) in [4.78, 5) is 49.3. The lowest BCUT2D eigenvalue weighted by molar-refractivity contribution is -0.384. The van der Waals surface area contributed by atoms with E-state index in [0.29, 0.717) is 46.0 Å². The minimum atomic E-state index is -0.707. The Morgan fingerprint density at radius 3 is 2.66 bits per heavy atom. The van der Waals surface area contributed by atoms with Gasteiger partial charge in [-0.25, -0.2) is 14.8 Å². The van der Waals surface area contributed by atoms with Crippen molar-refractivity contribution < 1.29 is 18.9 Å². The van der Waals surface area contributed by atoms with Crippen LogP contribution in [0.1, 0.15) is 31.2 Å². The monoisotopic (exact) mass is 647 g/mol. The first-order valence-electron chi connectivity index (χ1n) is 13.4. The molecule has 0 bridgehead atoms. The number of aromatic nitrogens is 2. The number of nitro benzene ring substituents is 1. The van der Waals surface area contributed by atoms with Gasteiger partial charge in [0, 0.05) is 38.0 Å². The fourth-order valence-corrected chi connectivity index (χ4v) is 7.82. The Hall–Kier alpha value is -4.53. The standard InChI is InChI=1S/C30H25N5O6S3/c1-5-40-28(37)25-16(2)31-29-34(26(25)17-6-8-18(9-7-17)33(3)4)27(36)23(42-29)15-20-11-13-24(41-20)44-30-32-21-12-10-19(35(38)39)14-22(21)43-30/h6-15,26H,5H2,1-4H3/b23-15-/t26-/m1/s1. The zero-order valence-corrected chi connectivity index (χ0v) is 26.4. The highest BCUT2D eigenvalue weighted by molar-refractivity contribution is 8.01. The predicted octanol–water partition coefficient (Wildman–Crippen LogP) is 5.13. The molecule has 5 aromatic rings. The van der Waals surface area contributed by atoms with Gasteiger partial charge in [0.15, 0.2) is 14.2 Å². The molecule has 0 radical (unpaired) electrons. The minimum Gasteiger partial charge on any atom is -0.463 e. The van der Waals surface area contributed by atoms with Gasteiger partial charge in [0.2, 0.25) is 0 Å². The van der Waals surface area contributed by atoms with Crippen molar-refractivity contribution in [2.45, 2.75) is 29.3 Å². The third-order valence-electron chi connectivity index (χ3n) is 6.87. The number of esters is 1. The molecule has 0 fully saturated rings. The number of hydrogen-bond donors (Lipinski definition) is 0. The summed E-state index contributed by atoms with van der Waals surface area (Å²) in [5.41, 5.74) is 2.94. The summed E-state index contributed by atoms with van der Waals surface area (Å²) in [5.74, 6) is -0.0513. The zero-order valence-electron chi connectivity index (χ0n) is 24.0. The summed E-state index contributed by atoms with van der Waals surface area (Å²) in [5, 5.41) is 11.7. The molecule has 6 rings (SSSR count). The summed E-state index contributed by atoms with van der Waals surface area (Å²) in [6.45, 7) is 3.69. The van der Waals surface area contributed by atoms with E-state index < -0.39 is 16.9 Å². The van der Waals surface area contributed by atoms with Gasteiger partial charge in [-0.15, -0.1) is 11.3 Å². The van der Waals surface area contributed by atoms with Crippen molar-refractivity contribution in [2.24, 2.45) is 4.99 Å². The molecule has 224 valence electrons. The quantitative estimate of drug-likeness (QED) is 0.128. The van der Waals surface area contributed by atoms with Crippen molar-refractivity contribution in [1.82, 2.24) is 9.55 Å². The van der Waals surface area contributed by atoms with E-state index in [1.807, 2.05) is 43.3 Å². The van der Waals surface area contributed by atoms with E-state index in [2.05, 4.69) is 9.98 Å². The van der Waals surface area contributed by atoms with Gasteiger partial charge < -0.3 is 14.1 Å². The number of carbonyl (C=O) groups excluding carboxylic acids is 1. The predicted molar refractivity (Wildman–Crippen MR) is 170 cm³/mol. The highest BCUT2D eigenvalue weighted by Gasteiger charge is 2.33.